The average molecular weight is 256 g/mol. The van der Waals surface area contributed by atoms with Crippen LogP contribution in [0.15, 0.2) is 6.07 Å². The van der Waals surface area contributed by atoms with Crippen LogP contribution in [0.3, 0.4) is 0 Å². The third-order valence-electron chi connectivity index (χ3n) is 1.63. The Balaban J connectivity index is 3.38. The molecular weight excluding hydrogens is 251 g/mol. The molecule has 82 valence electrons. The molecule has 3 nitrogen and oxygen atoms in total. The Morgan fingerprint density at radius 2 is 2.20 bits per heavy atom. The van der Waals surface area contributed by atoms with E-state index in [0.717, 1.165) is 6.07 Å². The quantitative estimate of drug-likeness (QED) is 0.845. The topological polar surface area (TPSA) is 50.2 Å². The minimum absolute atomic E-state index is 0.0615. The fourth-order valence-electron chi connectivity index (χ4n) is 0.960. The van der Waals surface area contributed by atoms with E-state index in [2.05, 4.69) is 4.98 Å². The summed E-state index contributed by atoms with van der Waals surface area (Å²) in [6.07, 6.45) is -2.86. The molecule has 0 aliphatic carbocycles. The van der Waals surface area contributed by atoms with Gasteiger partial charge in [-0.2, -0.15) is 0 Å². The minimum atomic E-state index is -2.86. The lowest BCUT2D eigenvalue weighted by molar-refractivity contribution is 0.0696. The summed E-state index contributed by atoms with van der Waals surface area (Å²) in [5.74, 6) is -1.62. The maximum atomic E-state index is 12.3. The molecule has 1 heterocycles. The maximum absolute atomic E-state index is 12.3. The van der Waals surface area contributed by atoms with Gasteiger partial charge in [0.05, 0.1) is 22.2 Å². The smallest absolute Gasteiger partial charge is 0.337 e. The number of hydrogen-bond donors (Lipinski definition) is 1. The molecule has 1 aromatic rings. The number of rotatable bonds is 3. The largest absolute Gasteiger partial charge is 0.478 e. The van der Waals surface area contributed by atoms with E-state index in [4.69, 9.17) is 28.3 Å². The third-order valence-corrected chi connectivity index (χ3v) is 2.30. The van der Waals surface area contributed by atoms with Gasteiger partial charge in [-0.05, 0) is 6.07 Å². The van der Waals surface area contributed by atoms with Gasteiger partial charge in [0.2, 0.25) is 0 Å². The Labute approximate surface area is 93.6 Å². The molecule has 0 fully saturated rings. The van der Waals surface area contributed by atoms with Crippen LogP contribution in [-0.2, 0) is 5.88 Å². The first-order chi connectivity index (χ1) is 6.97. The first-order valence-electron chi connectivity index (χ1n) is 3.74. The average Bonchev–Trinajstić information content (AvgIpc) is 2.17. The molecule has 0 saturated carbocycles. The molecule has 15 heavy (non-hydrogen) atoms. The molecule has 0 bridgehead atoms. The summed E-state index contributed by atoms with van der Waals surface area (Å²) in [6.45, 7) is 0. The number of pyridine rings is 1. The number of hydrogen-bond acceptors (Lipinski definition) is 2. The number of carbonyl (C=O) groups is 1. The van der Waals surface area contributed by atoms with Gasteiger partial charge in [-0.15, -0.1) is 11.6 Å². The summed E-state index contributed by atoms with van der Waals surface area (Å²) in [6, 6.07) is 0.741. The second kappa shape index (κ2) is 4.72. The fraction of sp³-hybridized carbons (Fsp3) is 0.250. The zero-order valence-corrected chi connectivity index (χ0v) is 8.69. The van der Waals surface area contributed by atoms with Gasteiger partial charge in [-0.1, -0.05) is 11.6 Å². The lowest BCUT2D eigenvalue weighted by Gasteiger charge is -2.07. The van der Waals surface area contributed by atoms with Crippen LogP contribution < -0.4 is 0 Å². The van der Waals surface area contributed by atoms with Crippen molar-refractivity contribution in [3.63, 3.8) is 0 Å². The van der Waals surface area contributed by atoms with Crippen LogP contribution in [0.4, 0.5) is 8.78 Å². The molecule has 1 rings (SSSR count). The SMILES string of the molecule is O=C(O)c1cc(C(F)F)nc(CCl)c1Cl. The zero-order valence-electron chi connectivity index (χ0n) is 7.18. The molecule has 0 amide bonds. The molecular formula is C8H5Cl2F2NO2. The highest BCUT2D eigenvalue weighted by atomic mass is 35.5. The first kappa shape index (κ1) is 12.1. The molecule has 0 aliphatic rings. The molecule has 0 saturated heterocycles. The lowest BCUT2D eigenvalue weighted by atomic mass is 10.2. The van der Waals surface area contributed by atoms with Gasteiger partial charge in [0.1, 0.15) is 5.69 Å². The monoisotopic (exact) mass is 255 g/mol. The first-order valence-corrected chi connectivity index (χ1v) is 4.65. The molecule has 1 aromatic heterocycles. The molecule has 0 aromatic carbocycles. The number of nitrogens with zero attached hydrogens (tertiary/aromatic N) is 1. The summed E-state index contributed by atoms with van der Waals surface area (Å²) < 4.78 is 24.6. The Morgan fingerprint density at radius 1 is 1.60 bits per heavy atom. The van der Waals surface area contributed by atoms with Crippen LogP contribution in [0.25, 0.3) is 0 Å². The Kier molecular flexibility index (Phi) is 3.82. The van der Waals surface area contributed by atoms with Crippen molar-refractivity contribution in [3.05, 3.63) is 28.0 Å². The second-order valence-corrected chi connectivity index (χ2v) is 3.24. The summed E-state index contributed by atoms with van der Waals surface area (Å²) in [5, 5.41) is 8.49. The van der Waals surface area contributed by atoms with Crippen molar-refractivity contribution in [3.8, 4) is 0 Å². The van der Waals surface area contributed by atoms with Crippen molar-refractivity contribution in [1.82, 2.24) is 4.98 Å². The van der Waals surface area contributed by atoms with E-state index in [0.29, 0.717) is 0 Å². The fourth-order valence-corrected chi connectivity index (χ4v) is 1.47. The standard InChI is InChI=1S/C8H5Cl2F2NO2/c9-2-5-6(10)3(8(14)15)1-4(13-5)7(11)12/h1,7H,2H2,(H,14,15). The van der Waals surface area contributed by atoms with Gasteiger partial charge < -0.3 is 5.11 Å². The molecule has 0 atom stereocenters. The molecule has 1 N–H and O–H groups in total. The van der Waals surface area contributed by atoms with Crippen molar-refractivity contribution >= 4 is 29.2 Å². The van der Waals surface area contributed by atoms with Gasteiger partial charge >= 0.3 is 5.97 Å². The number of alkyl halides is 3. The highest BCUT2D eigenvalue weighted by Gasteiger charge is 2.19. The van der Waals surface area contributed by atoms with Gasteiger partial charge in [0, 0.05) is 0 Å². The van der Waals surface area contributed by atoms with Crippen molar-refractivity contribution < 1.29 is 18.7 Å². The van der Waals surface area contributed by atoms with Crippen LogP contribution in [0, 0.1) is 0 Å². The van der Waals surface area contributed by atoms with E-state index in [9.17, 15) is 13.6 Å². The summed E-state index contributed by atoms with van der Waals surface area (Å²) >= 11 is 11.0. The normalized spacial score (nSPS) is 10.7. The van der Waals surface area contributed by atoms with E-state index in [-0.39, 0.29) is 16.6 Å². The number of aromatic carboxylic acids is 1. The number of carboxylic acids is 1. The zero-order chi connectivity index (χ0) is 11.6. The minimum Gasteiger partial charge on any atom is -0.478 e. The van der Waals surface area contributed by atoms with Crippen LogP contribution >= 0.6 is 23.2 Å². The summed E-state index contributed by atoms with van der Waals surface area (Å²) in [5.41, 5.74) is -1.13. The summed E-state index contributed by atoms with van der Waals surface area (Å²) in [4.78, 5) is 14.1. The van der Waals surface area contributed by atoms with Crippen LogP contribution in [-0.4, -0.2) is 16.1 Å². The van der Waals surface area contributed by atoms with Gasteiger partial charge in [-0.25, -0.2) is 18.6 Å². The van der Waals surface area contributed by atoms with Crippen LogP contribution in [0.5, 0.6) is 0 Å². The third kappa shape index (κ3) is 2.54. The molecule has 0 radical (unpaired) electrons. The highest BCUT2D eigenvalue weighted by Crippen LogP contribution is 2.26. The van der Waals surface area contributed by atoms with Crippen molar-refractivity contribution in [1.29, 1.82) is 0 Å². The number of carboxylic acid groups (broad SMARTS) is 1. The highest BCUT2D eigenvalue weighted by molar-refractivity contribution is 6.34. The van der Waals surface area contributed by atoms with Crippen LogP contribution in [0.1, 0.15) is 28.2 Å². The Bertz CT molecular complexity index is 398. The number of halogens is 4. The van der Waals surface area contributed by atoms with E-state index >= 15 is 0 Å². The van der Waals surface area contributed by atoms with E-state index < -0.39 is 23.7 Å². The second-order valence-electron chi connectivity index (χ2n) is 2.59. The van der Waals surface area contributed by atoms with Crippen molar-refractivity contribution in [2.24, 2.45) is 0 Å². The molecule has 0 spiro atoms. The van der Waals surface area contributed by atoms with Crippen LogP contribution in [0.2, 0.25) is 5.02 Å². The van der Waals surface area contributed by atoms with E-state index in [1.165, 1.54) is 0 Å². The van der Waals surface area contributed by atoms with Gasteiger partial charge in [0.15, 0.2) is 0 Å². The summed E-state index contributed by atoms with van der Waals surface area (Å²) in [7, 11) is 0. The predicted octanol–water partition coefficient (Wildman–Crippen LogP) is 3.11. The predicted molar refractivity (Wildman–Crippen MR) is 50.7 cm³/mol. The lowest BCUT2D eigenvalue weighted by Crippen LogP contribution is -2.05. The van der Waals surface area contributed by atoms with E-state index in [1.807, 2.05) is 0 Å². The molecule has 0 aliphatic heterocycles. The van der Waals surface area contributed by atoms with E-state index in [1.54, 1.807) is 0 Å². The molecule has 0 unspecified atom stereocenters. The maximum Gasteiger partial charge on any atom is 0.337 e. The Morgan fingerprint density at radius 3 is 2.60 bits per heavy atom. The Hall–Kier alpha value is -0.940. The van der Waals surface area contributed by atoms with Crippen molar-refractivity contribution in [2.45, 2.75) is 12.3 Å². The van der Waals surface area contributed by atoms with Gasteiger partial charge in [-0.3, -0.25) is 0 Å². The number of aromatic nitrogens is 1. The molecule has 7 heteroatoms. The van der Waals surface area contributed by atoms with Crippen molar-refractivity contribution in [2.75, 3.05) is 0 Å². The van der Waals surface area contributed by atoms with Gasteiger partial charge in [0.25, 0.3) is 6.43 Å².